The molecule has 1 amide bonds. The number of halogens is 2. The van der Waals surface area contributed by atoms with Gasteiger partial charge in [0.2, 0.25) is 0 Å². The lowest BCUT2D eigenvalue weighted by Gasteiger charge is -2.19. The molecule has 2 N–H and O–H groups in total. The van der Waals surface area contributed by atoms with Crippen molar-refractivity contribution in [2.24, 2.45) is 0 Å². The number of para-hydroxylation sites is 1. The Bertz CT molecular complexity index is 1230. The number of nitrogens with one attached hydrogen (secondary N) is 1. The lowest BCUT2D eigenvalue weighted by Crippen LogP contribution is -2.24. The molecule has 0 bridgehead atoms. The summed E-state index contributed by atoms with van der Waals surface area (Å²) in [5, 5.41) is 12.1. The van der Waals surface area contributed by atoms with Gasteiger partial charge < -0.3 is 10.4 Å². The third kappa shape index (κ3) is 4.44. The first-order valence-corrected chi connectivity index (χ1v) is 12.0. The summed E-state index contributed by atoms with van der Waals surface area (Å²) in [5.74, 6) is -1.66. The highest BCUT2D eigenvalue weighted by Gasteiger charge is 2.25. The van der Waals surface area contributed by atoms with Crippen molar-refractivity contribution in [3.8, 4) is 0 Å². The van der Waals surface area contributed by atoms with Crippen molar-refractivity contribution in [1.29, 1.82) is 0 Å². The van der Waals surface area contributed by atoms with Gasteiger partial charge in [-0.3, -0.25) is 9.10 Å². The molecule has 1 aliphatic rings. The maximum absolute atomic E-state index is 13.2. The maximum atomic E-state index is 13.2. The summed E-state index contributed by atoms with van der Waals surface area (Å²) in [6.45, 7) is 0.629. The largest absolute Gasteiger partial charge is 0.478 e. The van der Waals surface area contributed by atoms with Gasteiger partial charge in [-0.1, -0.05) is 34.1 Å². The number of aromatic carboxylic acids is 1. The van der Waals surface area contributed by atoms with E-state index in [1.807, 2.05) is 28.6 Å². The van der Waals surface area contributed by atoms with Crippen LogP contribution in [-0.2, 0) is 17.4 Å². The van der Waals surface area contributed by atoms with Crippen molar-refractivity contribution < 1.29 is 18.9 Å². The van der Waals surface area contributed by atoms with E-state index in [1.54, 1.807) is 24.3 Å². The summed E-state index contributed by atoms with van der Waals surface area (Å²) in [6, 6.07) is 17.4. The fourth-order valence-corrected chi connectivity index (χ4v) is 5.45. The van der Waals surface area contributed by atoms with E-state index in [1.165, 1.54) is 12.1 Å². The van der Waals surface area contributed by atoms with Crippen LogP contribution in [0.1, 0.15) is 26.3 Å². The number of anilines is 2. The molecule has 0 radical (unpaired) electrons. The van der Waals surface area contributed by atoms with Crippen LogP contribution in [0.25, 0.3) is 0 Å². The van der Waals surface area contributed by atoms with Crippen molar-refractivity contribution in [3.05, 3.63) is 86.3 Å². The minimum absolute atomic E-state index is 0.0350. The predicted molar refractivity (Wildman–Crippen MR) is 127 cm³/mol. The molecular formula is C22H16Br2N2O4S. The maximum Gasteiger partial charge on any atom is 0.337 e. The van der Waals surface area contributed by atoms with Crippen LogP contribution >= 0.6 is 31.9 Å². The molecule has 31 heavy (non-hydrogen) atoms. The first-order chi connectivity index (χ1) is 14.8. The monoisotopic (exact) mass is 562 g/mol. The van der Waals surface area contributed by atoms with Gasteiger partial charge in [0, 0.05) is 15.5 Å². The number of carboxylic acid groups (broad SMARTS) is 1. The molecule has 3 aromatic rings. The van der Waals surface area contributed by atoms with Crippen LogP contribution in [0.3, 0.4) is 0 Å². The Balaban J connectivity index is 1.62. The summed E-state index contributed by atoms with van der Waals surface area (Å²) in [6.07, 6.45) is 0.813. The van der Waals surface area contributed by atoms with Crippen molar-refractivity contribution in [2.75, 3.05) is 16.2 Å². The molecule has 0 aromatic heterocycles. The highest BCUT2D eigenvalue weighted by atomic mass is 79.9. The van der Waals surface area contributed by atoms with Crippen LogP contribution in [0, 0.1) is 0 Å². The number of hydrogen-bond acceptors (Lipinski definition) is 3. The van der Waals surface area contributed by atoms with Crippen LogP contribution < -0.4 is 9.62 Å². The standard InChI is InChI=1S/C22H16Br2N2O4S/c23-14-5-8-19(17(11-14)22(28)29)25-21(27)16-12-15(6-7-18(16)24)31(30)26-10-9-13-3-1-2-4-20(13)26/h1-8,11-12H,9-10H2,(H,25,27)(H,28,29). The van der Waals surface area contributed by atoms with Gasteiger partial charge in [0.05, 0.1) is 27.4 Å². The van der Waals surface area contributed by atoms with E-state index in [0.29, 0.717) is 20.4 Å². The number of nitrogens with zero attached hydrogens (tertiary/aromatic N) is 1. The van der Waals surface area contributed by atoms with Crippen LogP contribution in [0.5, 0.6) is 0 Å². The van der Waals surface area contributed by atoms with E-state index in [-0.39, 0.29) is 16.8 Å². The number of hydrogen-bond donors (Lipinski definition) is 2. The molecule has 3 aromatic carbocycles. The van der Waals surface area contributed by atoms with E-state index in [2.05, 4.69) is 37.2 Å². The van der Waals surface area contributed by atoms with Gasteiger partial charge in [-0.05, 0) is 70.4 Å². The minimum Gasteiger partial charge on any atom is -0.478 e. The zero-order chi connectivity index (χ0) is 22.1. The number of carboxylic acids is 1. The third-order valence-corrected chi connectivity index (χ3v) is 7.51. The molecule has 6 nitrogen and oxygen atoms in total. The van der Waals surface area contributed by atoms with E-state index in [9.17, 15) is 18.9 Å². The normalized spacial score (nSPS) is 13.5. The molecule has 1 unspecified atom stereocenters. The predicted octanol–water partition coefficient (Wildman–Crippen LogP) is 5.25. The van der Waals surface area contributed by atoms with Crippen molar-refractivity contribution >= 4 is 66.1 Å². The van der Waals surface area contributed by atoms with Gasteiger partial charge in [-0.15, -0.1) is 0 Å². The Kier molecular flexibility index (Phi) is 6.27. The second kappa shape index (κ2) is 8.94. The summed E-state index contributed by atoms with van der Waals surface area (Å²) in [7, 11) is -1.48. The molecule has 0 aliphatic carbocycles. The van der Waals surface area contributed by atoms with Gasteiger partial charge in [0.1, 0.15) is 0 Å². The van der Waals surface area contributed by atoms with Gasteiger partial charge in [0.15, 0.2) is 11.0 Å². The first kappa shape index (κ1) is 21.7. The Morgan fingerprint density at radius 1 is 1.00 bits per heavy atom. The fourth-order valence-electron chi connectivity index (χ4n) is 3.39. The van der Waals surface area contributed by atoms with Gasteiger partial charge in [-0.25, -0.2) is 9.00 Å². The second-order valence-corrected chi connectivity index (χ2v) is 10.0. The van der Waals surface area contributed by atoms with E-state index < -0.39 is 22.9 Å². The number of rotatable bonds is 5. The molecule has 1 atom stereocenters. The van der Waals surface area contributed by atoms with Crippen LogP contribution in [0.15, 0.2) is 74.5 Å². The average Bonchev–Trinajstić information content (AvgIpc) is 3.18. The second-order valence-electron chi connectivity index (χ2n) is 6.82. The Labute approximate surface area is 198 Å². The van der Waals surface area contributed by atoms with Gasteiger partial charge >= 0.3 is 5.97 Å². The lowest BCUT2D eigenvalue weighted by atomic mass is 10.1. The van der Waals surface area contributed by atoms with E-state index in [4.69, 9.17) is 0 Å². The molecule has 1 heterocycles. The smallest absolute Gasteiger partial charge is 0.337 e. The summed E-state index contributed by atoms with van der Waals surface area (Å²) < 4.78 is 16.2. The first-order valence-electron chi connectivity index (χ1n) is 9.26. The molecular weight excluding hydrogens is 548 g/mol. The van der Waals surface area contributed by atoms with Crippen LogP contribution in [0.2, 0.25) is 0 Å². The Morgan fingerprint density at radius 2 is 1.77 bits per heavy atom. The van der Waals surface area contributed by atoms with E-state index >= 15 is 0 Å². The molecule has 158 valence electrons. The molecule has 1 aliphatic heterocycles. The average molecular weight is 564 g/mol. The topological polar surface area (TPSA) is 86.7 Å². The molecule has 0 spiro atoms. The Morgan fingerprint density at radius 3 is 2.55 bits per heavy atom. The quantitative estimate of drug-likeness (QED) is 0.444. The van der Waals surface area contributed by atoms with Crippen LogP contribution in [0.4, 0.5) is 11.4 Å². The zero-order valence-electron chi connectivity index (χ0n) is 16.0. The number of fused-ring (bicyclic) bond motifs is 1. The highest BCUT2D eigenvalue weighted by Crippen LogP contribution is 2.32. The SMILES string of the molecule is O=C(Nc1ccc(Br)cc1C(=O)O)c1cc(S(=O)N2CCc3ccccc32)ccc1Br. The number of carbonyl (C=O) groups is 2. The molecule has 0 fully saturated rings. The number of carbonyl (C=O) groups excluding carboxylic acids is 1. The molecule has 0 saturated carbocycles. The molecule has 9 heteroatoms. The van der Waals surface area contributed by atoms with Crippen LogP contribution in [-0.4, -0.2) is 27.7 Å². The summed E-state index contributed by atoms with van der Waals surface area (Å²) in [5.41, 5.74) is 2.47. The van der Waals surface area contributed by atoms with E-state index in [0.717, 1.165) is 17.7 Å². The zero-order valence-corrected chi connectivity index (χ0v) is 20.0. The number of benzene rings is 3. The number of amides is 1. The molecule has 4 rings (SSSR count). The third-order valence-electron chi connectivity index (χ3n) is 4.89. The minimum atomic E-state index is -1.48. The summed E-state index contributed by atoms with van der Waals surface area (Å²) >= 11 is 6.60. The highest BCUT2D eigenvalue weighted by molar-refractivity contribution is 9.10. The van der Waals surface area contributed by atoms with Crippen molar-refractivity contribution in [2.45, 2.75) is 11.3 Å². The van der Waals surface area contributed by atoms with Gasteiger partial charge in [0.25, 0.3) is 5.91 Å². The van der Waals surface area contributed by atoms with Gasteiger partial charge in [-0.2, -0.15) is 0 Å². The molecule has 0 saturated heterocycles. The Hall–Kier alpha value is -2.49. The fraction of sp³-hybridized carbons (Fsp3) is 0.0909. The summed E-state index contributed by atoms with van der Waals surface area (Å²) in [4.78, 5) is 24.9. The van der Waals surface area contributed by atoms with Crippen molar-refractivity contribution in [1.82, 2.24) is 0 Å². The lowest BCUT2D eigenvalue weighted by molar-refractivity contribution is 0.0698. The van der Waals surface area contributed by atoms with Crippen molar-refractivity contribution in [3.63, 3.8) is 0 Å².